The van der Waals surface area contributed by atoms with E-state index in [1.807, 2.05) is 30.3 Å². The Hall–Kier alpha value is -3.39. The standard InChI is InChI=1S/C23H25N3O6S/c1-17-22(23(28)24-29)26(15-14-25(17)18(2)27)33(30,31)21-12-10-20(11-13-21)32-16-6-9-19-7-4-3-5-8-19/h3-5,7-8,10-13,17,22,29H,14-16H2,1-2H3,(H,24,28). The number of nitrogens with one attached hydrogen (secondary N) is 1. The summed E-state index contributed by atoms with van der Waals surface area (Å²) in [5.41, 5.74) is 2.38. The maximum atomic E-state index is 13.3. The van der Waals surface area contributed by atoms with Crippen molar-refractivity contribution in [1.82, 2.24) is 14.7 Å². The molecular formula is C23H25N3O6S. The van der Waals surface area contributed by atoms with Crippen LogP contribution in [0.5, 0.6) is 5.75 Å². The maximum absolute atomic E-state index is 13.3. The van der Waals surface area contributed by atoms with E-state index in [-0.39, 0.29) is 30.5 Å². The fourth-order valence-corrected chi connectivity index (χ4v) is 5.36. The van der Waals surface area contributed by atoms with Gasteiger partial charge < -0.3 is 9.64 Å². The van der Waals surface area contributed by atoms with Crippen LogP contribution >= 0.6 is 0 Å². The highest BCUT2D eigenvalue weighted by Crippen LogP contribution is 2.26. The summed E-state index contributed by atoms with van der Waals surface area (Å²) in [6.07, 6.45) is 0. The molecule has 9 nitrogen and oxygen atoms in total. The molecular weight excluding hydrogens is 446 g/mol. The van der Waals surface area contributed by atoms with Gasteiger partial charge in [-0.05, 0) is 43.3 Å². The smallest absolute Gasteiger partial charge is 0.263 e. The van der Waals surface area contributed by atoms with Crippen LogP contribution in [0.4, 0.5) is 0 Å². The molecule has 1 aliphatic rings. The molecule has 1 heterocycles. The molecule has 1 saturated heterocycles. The minimum atomic E-state index is -4.09. The van der Waals surface area contributed by atoms with E-state index in [4.69, 9.17) is 9.94 Å². The van der Waals surface area contributed by atoms with Crippen molar-refractivity contribution in [3.63, 3.8) is 0 Å². The summed E-state index contributed by atoms with van der Waals surface area (Å²) in [6.45, 7) is 3.09. The number of rotatable bonds is 5. The quantitative estimate of drug-likeness (QED) is 0.385. The lowest BCUT2D eigenvalue weighted by molar-refractivity contribution is -0.142. The summed E-state index contributed by atoms with van der Waals surface area (Å²) < 4.78 is 33.1. The molecule has 10 heteroatoms. The van der Waals surface area contributed by atoms with E-state index in [0.717, 1.165) is 9.87 Å². The van der Waals surface area contributed by atoms with Crippen LogP contribution in [0.15, 0.2) is 59.5 Å². The Bertz CT molecular complexity index is 1160. The van der Waals surface area contributed by atoms with E-state index in [0.29, 0.717) is 5.75 Å². The van der Waals surface area contributed by atoms with Gasteiger partial charge in [-0.3, -0.25) is 14.8 Å². The van der Waals surface area contributed by atoms with E-state index in [9.17, 15) is 18.0 Å². The van der Waals surface area contributed by atoms with E-state index in [1.54, 1.807) is 6.92 Å². The molecule has 2 atom stereocenters. The Labute approximate surface area is 193 Å². The number of carbonyl (C=O) groups excluding carboxylic acids is 2. The van der Waals surface area contributed by atoms with Gasteiger partial charge in [-0.25, -0.2) is 13.9 Å². The highest BCUT2D eigenvalue weighted by Gasteiger charge is 2.45. The Morgan fingerprint density at radius 2 is 1.79 bits per heavy atom. The van der Waals surface area contributed by atoms with Gasteiger partial charge in [0.25, 0.3) is 5.91 Å². The zero-order chi connectivity index (χ0) is 24.0. The van der Waals surface area contributed by atoms with Crippen molar-refractivity contribution in [3.05, 3.63) is 60.2 Å². The fraction of sp³-hybridized carbons (Fsp3) is 0.304. The predicted octanol–water partition coefficient (Wildman–Crippen LogP) is 1.23. The van der Waals surface area contributed by atoms with Crippen molar-refractivity contribution in [2.75, 3.05) is 19.7 Å². The highest BCUT2D eigenvalue weighted by molar-refractivity contribution is 7.89. The van der Waals surface area contributed by atoms with Crippen molar-refractivity contribution >= 4 is 21.8 Å². The first-order valence-electron chi connectivity index (χ1n) is 10.3. The molecule has 2 amide bonds. The number of carbonyl (C=O) groups is 2. The third-order valence-electron chi connectivity index (χ3n) is 5.35. The Morgan fingerprint density at radius 1 is 1.12 bits per heavy atom. The van der Waals surface area contributed by atoms with Crippen molar-refractivity contribution < 1.29 is 28.0 Å². The first-order chi connectivity index (χ1) is 15.8. The summed E-state index contributed by atoms with van der Waals surface area (Å²) in [5, 5.41) is 9.14. The van der Waals surface area contributed by atoms with Gasteiger partial charge in [0, 0.05) is 25.6 Å². The van der Waals surface area contributed by atoms with E-state index < -0.39 is 28.0 Å². The van der Waals surface area contributed by atoms with Crippen molar-refractivity contribution in [2.45, 2.75) is 30.8 Å². The van der Waals surface area contributed by atoms with Gasteiger partial charge in [-0.15, -0.1) is 0 Å². The van der Waals surface area contributed by atoms with Gasteiger partial charge in [0.05, 0.1) is 10.9 Å². The van der Waals surface area contributed by atoms with Gasteiger partial charge in [0.2, 0.25) is 15.9 Å². The summed E-state index contributed by atoms with van der Waals surface area (Å²) >= 11 is 0. The van der Waals surface area contributed by atoms with Crippen LogP contribution in [0.3, 0.4) is 0 Å². The topological polar surface area (TPSA) is 116 Å². The lowest BCUT2D eigenvalue weighted by Crippen LogP contribution is -2.65. The third kappa shape index (κ3) is 5.51. The van der Waals surface area contributed by atoms with E-state index in [2.05, 4.69) is 11.8 Å². The molecule has 0 spiro atoms. The zero-order valence-corrected chi connectivity index (χ0v) is 19.1. The monoisotopic (exact) mass is 471 g/mol. The van der Waals surface area contributed by atoms with Gasteiger partial charge in [0.15, 0.2) is 0 Å². The molecule has 1 fully saturated rings. The van der Waals surface area contributed by atoms with Crippen LogP contribution < -0.4 is 10.2 Å². The van der Waals surface area contributed by atoms with Crippen LogP contribution in [-0.4, -0.2) is 66.4 Å². The number of sulfonamides is 1. The molecule has 0 aliphatic carbocycles. The van der Waals surface area contributed by atoms with Crippen LogP contribution in [0, 0.1) is 11.8 Å². The number of piperazine rings is 1. The van der Waals surface area contributed by atoms with Gasteiger partial charge in [-0.2, -0.15) is 4.31 Å². The van der Waals surface area contributed by atoms with E-state index in [1.165, 1.54) is 41.6 Å². The first-order valence-corrected chi connectivity index (χ1v) is 11.7. The Morgan fingerprint density at radius 3 is 2.39 bits per heavy atom. The lowest BCUT2D eigenvalue weighted by Gasteiger charge is -2.43. The molecule has 1 aliphatic heterocycles. The number of hydrogen-bond acceptors (Lipinski definition) is 6. The third-order valence-corrected chi connectivity index (χ3v) is 7.25. The van der Waals surface area contributed by atoms with Gasteiger partial charge in [0.1, 0.15) is 18.4 Å². The van der Waals surface area contributed by atoms with Crippen molar-refractivity contribution in [2.24, 2.45) is 0 Å². The number of amides is 2. The number of ether oxygens (including phenoxy) is 1. The maximum Gasteiger partial charge on any atom is 0.263 e. The molecule has 2 aromatic carbocycles. The van der Waals surface area contributed by atoms with Gasteiger partial charge >= 0.3 is 0 Å². The van der Waals surface area contributed by atoms with E-state index >= 15 is 0 Å². The fourth-order valence-electron chi connectivity index (χ4n) is 3.71. The largest absolute Gasteiger partial charge is 0.481 e. The summed E-state index contributed by atoms with van der Waals surface area (Å²) in [6, 6.07) is 13.2. The molecule has 2 N–H and O–H groups in total. The molecule has 0 aromatic heterocycles. The Kier molecular flexibility index (Phi) is 7.71. The van der Waals surface area contributed by atoms with Crippen molar-refractivity contribution in [3.8, 4) is 17.6 Å². The number of benzene rings is 2. The number of nitrogens with zero attached hydrogens (tertiary/aromatic N) is 2. The molecule has 3 rings (SSSR count). The van der Waals surface area contributed by atoms with Gasteiger partial charge in [-0.1, -0.05) is 30.0 Å². The van der Waals surface area contributed by atoms with Crippen LogP contribution in [-0.2, 0) is 19.6 Å². The molecule has 174 valence electrons. The average Bonchev–Trinajstić information content (AvgIpc) is 2.81. The van der Waals surface area contributed by atoms with Crippen molar-refractivity contribution in [1.29, 1.82) is 0 Å². The van der Waals surface area contributed by atoms with Crippen LogP contribution in [0.1, 0.15) is 19.4 Å². The molecule has 0 bridgehead atoms. The van der Waals surface area contributed by atoms with Crippen LogP contribution in [0.25, 0.3) is 0 Å². The molecule has 2 aromatic rings. The lowest BCUT2D eigenvalue weighted by atomic mass is 10.0. The summed E-state index contributed by atoms with van der Waals surface area (Å²) in [5.74, 6) is 5.10. The van der Waals surface area contributed by atoms with Crippen LogP contribution in [0.2, 0.25) is 0 Å². The highest BCUT2D eigenvalue weighted by atomic mass is 32.2. The summed E-state index contributed by atoms with van der Waals surface area (Å²) in [4.78, 5) is 25.5. The minimum absolute atomic E-state index is 0.0376. The molecule has 2 unspecified atom stereocenters. The SMILES string of the molecule is CC(=O)N1CCN(S(=O)(=O)c2ccc(OCC#Cc3ccccc3)cc2)C(C(=O)NO)C1C. The number of hydrogen-bond donors (Lipinski definition) is 2. The zero-order valence-electron chi connectivity index (χ0n) is 18.3. The number of hydroxylamine groups is 1. The second-order valence-corrected chi connectivity index (χ2v) is 9.31. The molecule has 33 heavy (non-hydrogen) atoms. The summed E-state index contributed by atoms with van der Waals surface area (Å²) in [7, 11) is -4.09. The normalized spacial score (nSPS) is 18.7. The first kappa shape index (κ1) is 24.3. The average molecular weight is 472 g/mol. The predicted molar refractivity (Wildman–Crippen MR) is 120 cm³/mol. The molecule has 0 radical (unpaired) electrons. The minimum Gasteiger partial charge on any atom is -0.481 e. The second-order valence-electron chi connectivity index (χ2n) is 7.42. The second kappa shape index (κ2) is 10.5. The molecule has 0 saturated carbocycles. The Balaban J connectivity index is 1.74.